The number of hydrogen-bond donors (Lipinski definition) is 1. The first-order valence-corrected chi connectivity index (χ1v) is 9.45. The Bertz CT molecular complexity index is 597. The maximum atomic E-state index is 12.1. The van der Waals surface area contributed by atoms with Gasteiger partial charge in [-0.05, 0) is 64.4 Å². The number of carbonyl (C=O) groups excluding carboxylic acids is 1. The maximum Gasteiger partial charge on any atom is 0.407 e. The molecule has 2 aliphatic heterocycles. The van der Waals surface area contributed by atoms with Crippen LogP contribution in [0.2, 0.25) is 0 Å². The maximum absolute atomic E-state index is 12.1. The van der Waals surface area contributed by atoms with Gasteiger partial charge in [0.25, 0.3) is 0 Å². The minimum Gasteiger partial charge on any atom is -0.444 e. The van der Waals surface area contributed by atoms with Crippen molar-refractivity contribution in [3.05, 3.63) is 18.0 Å². The average Bonchev–Trinajstić information content (AvgIpc) is 2.96. The van der Waals surface area contributed by atoms with Crippen molar-refractivity contribution < 1.29 is 9.53 Å². The van der Waals surface area contributed by atoms with Crippen molar-refractivity contribution in [2.24, 2.45) is 13.0 Å². The van der Waals surface area contributed by atoms with Crippen LogP contribution in [-0.2, 0) is 18.2 Å². The summed E-state index contributed by atoms with van der Waals surface area (Å²) in [6.45, 7) is 8.56. The van der Waals surface area contributed by atoms with E-state index in [2.05, 4.69) is 21.5 Å². The molecule has 4 rings (SSSR count). The summed E-state index contributed by atoms with van der Waals surface area (Å²) in [6.07, 6.45) is 9.64. The van der Waals surface area contributed by atoms with Gasteiger partial charge in [-0.1, -0.05) is 0 Å². The van der Waals surface area contributed by atoms with Crippen molar-refractivity contribution in [3.63, 3.8) is 0 Å². The molecule has 3 heterocycles. The fourth-order valence-electron chi connectivity index (χ4n) is 4.25. The lowest BCUT2D eigenvalue weighted by Crippen LogP contribution is -2.63. The van der Waals surface area contributed by atoms with Gasteiger partial charge in [0.1, 0.15) is 5.60 Å². The smallest absolute Gasteiger partial charge is 0.407 e. The Morgan fingerprint density at radius 1 is 1.40 bits per heavy atom. The van der Waals surface area contributed by atoms with Gasteiger partial charge in [0, 0.05) is 38.4 Å². The van der Waals surface area contributed by atoms with Gasteiger partial charge < -0.3 is 10.1 Å². The average molecular weight is 348 g/mol. The highest BCUT2D eigenvalue weighted by Gasteiger charge is 2.46. The van der Waals surface area contributed by atoms with Crippen molar-refractivity contribution in [1.29, 1.82) is 0 Å². The minimum atomic E-state index is -0.452. The quantitative estimate of drug-likeness (QED) is 0.889. The summed E-state index contributed by atoms with van der Waals surface area (Å²) in [6, 6.07) is 0. The van der Waals surface area contributed by atoms with Gasteiger partial charge in [-0.15, -0.1) is 0 Å². The van der Waals surface area contributed by atoms with Crippen molar-refractivity contribution in [2.45, 2.75) is 64.0 Å². The number of piperidine rings is 2. The molecule has 0 radical (unpaired) electrons. The molecule has 1 N–H and O–H groups in total. The van der Waals surface area contributed by atoms with Crippen LogP contribution in [0.1, 0.15) is 52.0 Å². The number of nitrogens with one attached hydrogen (secondary N) is 1. The van der Waals surface area contributed by atoms with Gasteiger partial charge >= 0.3 is 6.09 Å². The standard InChI is InChI=1S/C19H32N4O2/c1-18(2,3)25-17(24)20-14-19-8-5-15(6-9-19)13-23(19)10-7-16-11-21-22(4)12-16/h11-12,15H,5-10,13-14H2,1-4H3,(H,20,24). The molecule has 6 heteroatoms. The molecule has 1 aliphatic carbocycles. The normalized spacial score (nSPS) is 26.6. The summed E-state index contributed by atoms with van der Waals surface area (Å²) in [7, 11) is 1.96. The third-order valence-electron chi connectivity index (χ3n) is 5.57. The van der Waals surface area contributed by atoms with E-state index >= 15 is 0 Å². The second-order valence-electron chi connectivity index (χ2n) is 8.74. The minimum absolute atomic E-state index is 0.0911. The second kappa shape index (κ2) is 6.98. The van der Waals surface area contributed by atoms with Gasteiger partial charge in [-0.3, -0.25) is 9.58 Å². The molecule has 3 fully saturated rings. The highest BCUT2D eigenvalue weighted by molar-refractivity contribution is 5.67. The molecular formula is C19H32N4O2. The first-order valence-electron chi connectivity index (χ1n) is 9.45. The van der Waals surface area contributed by atoms with E-state index in [1.807, 2.05) is 38.7 Å². The van der Waals surface area contributed by atoms with Crippen molar-refractivity contribution in [2.75, 3.05) is 19.6 Å². The number of rotatable bonds is 5. The van der Waals surface area contributed by atoms with Crippen LogP contribution in [0.3, 0.4) is 0 Å². The molecule has 25 heavy (non-hydrogen) atoms. The van der Waals surface area contributed by atoms with Crippen LogP contribution < -0.4 is 5.32 Å². The molecule has 1 amide bonds. The fourth-order valence-corrected chi connectivity index (χ4v) is 4.25. The van der Waals surface area contributed by atoms with E-state index in [9.17, 15) is 4.79 Å². The molecular weight excluding hydrogens is 316 g/mol. The van der Waals surface area contributed by atoms with Crippen LogP contribution in [0.15, 0.2) is 12.4 Å². The topological polar surface area (TPSA) is 59.4 Å². The fraction of sp³-hybridized carbons (Fsp3) is 0.789. The lowest BCUT2D eigenvalue weighted by molar-refractivity contribution is -0.0345. The number of fused-ring (bicyclic) bond motifs is 3. The van der Waals surface area contributed by atoms with Gasteiger partial charge in [-0.25, -0.2) is 4.79 Å². The molecule has 0 spiro atoms. The third kappa shape index (κ3) is 4.54. The summed E-state index contributed by atoms with van der Waals surface area (Å²) >= 11 is 0. The molecule has 0 aromatic carbocycles. The molecule has 0 unspecified atom stereocenters. The second-order valence-corrected chi connectivity index (χ2v) is 8.74. The Morgan fingerprint density at radius 3 is 2.72 bits per heavy atom. The van der Waals surface area contributed by atoms with Gasteiger partial charge in [0.15, 0.2) is 0 Å². The van der Waals surface area contributed by atoms with Crippen molar-refractivity contribution >= 4 is 6.09 Å². The van der Waals surface area contributed by atoms with Crippen LogP contribution in [0.5, 0.6) is 0 Å². The number of ether oxygens (including phenoxy) is 1. The van der Waals surface area contributed by atoms with E-state index < -0.39 is 5.60 Å². The summed E-state index contributed by atoms with van der Waals surface area (Å²) < 4.78 is 7.28. The number of hydrogen-bond acceptors (Lipinski definition) is 4. The highest BCUT2D eigenvalue weighted by Crippen LogP contribution is 2.42. The van der Waals surface area contributed by atoms with Crippen LogP contribution in [0.4, 0.5) is 4.79 Å². The van der Waals surface area contributed by atoms with Crippen LogP contribution in [0, 0.1) is 5.92 Å². The Balaban J connectivity index is 1.60. The third-order valence-corrected chi connectivity index (χ3v) is 5.57. The number of carbonyl (C=O) groups is 1. The van der Waals surface area contributed by atoms with Crippen LogP contribution in [-0.4, -0.2) is 51.5 Å². The van der Waals surface area contributed by atoms with E-state index in [4.69, 9.17) is 4.74 Å². The zero-order chi connectivity index (χ0) is 18.1. The predicted octanol–water partition coefficient (Wildman–Crippen LogP) is 2.73. The number of aryl methyl sites for hydroxylation is 1. The number of aromatic nitrogens is 2. The zero-order valence-corrected chi connectivity index (χ0v) is 16.0. The molecule has 140 valence electrons. The summed E-state index contributed by atoms with van der Waals surface area (Å²) in [5.74, 6) is 0.817. The number of nitrogens with zero attached hydrogens (tertiary/aromatic N) is 3. The Labute approximate surface area is 150 Å². The molecule has 0 atom stereocenters. The van der Waals surface area contributed by atoms with E-state index in [0.717, 1.165) is 25.4 Å². The van der Waals surface area contributed by atoms with E-state index in [-0.39, 0.29) is 11.6 Å². The van der Waals surface area contributed by atoms with Gasteiger partial charge in [0.05, 0.1) is 6.20 Å². The lowest BCUT2D eigenvalue weighted by atomic mass is 9.70. The van der Waals surface area contributed by atoms with Gasteiger partial charge in [0.2, 0.25) is 0 Å². The molecule has 2 bridgehead atoms. The van der Waals surface area contributed by atoms with Gasteiger partial charge in [-0.2, -0.15) is 5.10 Å². The van der Waals surface area contributed by atoms with E-state index in [1.54, 1.807) is 0 Å². The Kier molecular flexibility index (Phi) is 5.09. The Morgan fingerprint density at radius 2 is 2.12 bits per heavy atom. The van der Waals surface area contributed by atoms with Crippen molar-refractivity contribution in [1.82, 2.24) is 20.0 Å². The SMILES string of the molecule is Cn1cc(CCN2CC3CCC2(CNC(=O)OC(C)(C)C)CC3)cn1. The lowest BCUT2D eigenvalue weighted by Gasteiger charge is -2.55. The van der Waals surface area contributed by atoms with Crippen LogP contribution >= 0.6 is 0 Å². The molecule has 2 saturated heterocycles. The summed E-state index contributed by atoms with van der Waals surface area (Å²) in [4.78, 5) is 14.7. The highest BCUT2D eigenvalue weighted by atomic mass is 16.6. The zero-order valence-electron chi connectivity index (χ0n) is 16.0. The largest absolute Gasteiger partial charge is 0.444 e. The Hall–Kier alpha value is -1.56. The summed E-state index contributed by atoms with van der Waals surface area (Å²) in [5, 5.41) is 7.30. The molecule has 1 saturated carbocycles. The molecule has 1 aromatic heterocycles. The van der Waals surface area contributed by atoms with E-state index in [1.165, 1.54) is 31.2 Å². The molecule has 3 aliphatic rings. The number of amides is 1. The number of alkyl carbamates (subject to hydrolysis) is 1. The first kappa shape index (κ1) is 18.2. The first-order chi connectivity index (χ1) is 11.8. The van der Waals surface area contributed by atoms with E-state index in [0.29, 0.717) is 6.54 Å². The molecule has 6 nitrogen and oxygen atoms in total. The predicted molar refractivity (Wildman–Crippen MR) is 97.4 cm³/mol. The summed E-state index contributed by atoms with van der Waals surface area (Å²) in [5.41, 5.74) is 0.916. The van der Waals surface area contributed by atoms with Crippen LogP contribution in [0.25, 0.3) is 0 Å². The van der Waals surface area contributed by atoms with Crippen molar-refractivity contribution in [3.8, 4) is 0 Å². The molecule has 1 aromatic rings. The monoisotopic (exact) mass is 348 g/mol.